The smallest absolute Gasteiger partial charge is 0.323 e. The van der Waals surface area contributed by atoms with Gasteiger partial charge >= 0.3 is 6.18 Å². The van der Waals surface area contributed by atoms with Crippen LogP contribution >= 0.6 is 0 Å². The molecule has 1 aliphatic heterocycles. The first kappa shape index (κ1) is 22.7. The third-order valence-corrected chi connectivity index (χ3v) is 6.18. The minimum atomic E-state index is -4.63. The molecule has 0 aliphatic carbocycles. The lowest BCUT2D eigenvalue weighted by molar-refractivity contribution is -0.137. The lowest BCUT2D eigenvalue weighted by Crippen LogP contribution is -2.37. The number of carbonyl (C=O) groups is 1. The van der Waals surface area contributed by atoms with Crippen LogP contribution in [0.1, 0.15) is 12.0 Å². The maximum absolute atomic E-state index is 12.9. The summed E-state index contributed by atoms with van der Waals surface area (Å²) in [4.78, 5) is 20.4. The largest absolute Gasteiger partial charge is 0.416 e. The lowest BCUT2D eigenvalue weighted by Gasteiger charge is -2.26. The molecule has 1 aromatic heterocycles. The Hall–Kier alpha value is -2.96. The van der Waals surface area contributed by atoms with Crippen LogP contribution in [0.3, 0.4) is 0 Å². The highest BCUT2D eigenvalue weighted by Crippen LogP contribution is 2.31. The number of amides is 1. The molecule has 31 heavy (non-hydrogen) atoms. The van der Waals surface area contributed by atoms with E-state index in [4.69, 9.17) is 4.84 Å². The Labute approximate surface area is 176 Å². The van der Waals surface area contributed by atoms with Crippen molar-refractivity contribution in [2.24, 2.45) is 0 Å². The normalized spacial score (nSPS) is 15.3. The van der Waals surface area contributed by atoms with Crippen molar-refractivity contribution in [3.8, 4) is 0 Å². The van der Waals surface area contributed by atoms with Gasteiger partial charge in [0, 0.05) is 31.4 Å². The third kappa shape index (κ3) is 6.03. The highest BCUT2D eigenvalue weighted by molar-refractivity contribution is 7.89. The predicted octanol–water partition coefficient (Wildman–Crippen LogP) is 2.54. The van der Waals surface area contributed by atoms with Crippen LogP contribution in [0.15, 0.2) is 65.5 Å². The summed E-state index contributed by atoms with van der Waals surface area (Å²) in [5.74, 6) is -0.411. The quantitative estimate of drug-likeness (QED) is 0.621. The molecule has 12 heteroatoms. The fourth-order valence-electron chi connectivity index (χ4n) is 2.77. The van der Waals surface area contributed by atoms with E-state index in [1.165, 1.54) is 12.3 Å². The Morgan fingerprint density at radius 2 is 2.03 bits per heavy atom. The highest BCUT2D eigenvalue weighted by atomic mass is 32.2. The summed E-state index contributed by atoms with van der Waals surface area (Å²) in [6.07, 6.45) is 0.190. The Balaban J connectivity index is 1.53. The highest BCUT2D eigenvalue weighted by Gasteiger charge is 2.33. The van der Waals surface area contributed by atoms with Crippen molar-refractivity contribution in [1.29, 1.82) is 0 Å². The van der Waals surface area contributed by atoms with Crippen molar-refractivity contribution in [3.05, 3.63) is 66.1 Å². The van der Waals surface area contributed by atoms with Crippen molar-refractivity contribution < 1.29 is 31.2 Å². The number of hydrogen-bond acceptors (Lipinski definition) is 6. The molecule has 166 valence electrons. The fraction of sp³-hybridized carbons (Fsp3) is 0.263. The molecular weight excluding hydrogens is 437 g/mol. The Bertz CT molecular complexity index is 1060. The number of halogens is 3. The minimum Gasteiger partial charge on any atom is -0.323 e. The number of sulfonamides is 1. The number of alkyl halides is 3. The van der Waals surface area contributed by atoms with Crippen LogP contribution in [-0.4, -0.2) is 43.3 Å². The number of nitrogens with zero attached hydrogens (tertiary/aromatic N) is 2. The van der Waals surface area contributed by atoms with Crippen LogP contribution in [0.2, 0.25) is 0 Å². The van der Waals surface area contributed by atoms with Gasteiger partial charge in [0.2, 0.25) is 10.0 Å². The number of carbonyl (C=O) groups excluding carboxylic acids is 1. The van der Waals surface area contributed by atoms with E-state index in [2.05, 4.69) is 15.8 Å². The third-order valence-electron chi connectivity index (χ3n) is 4.32. The maximum atomic E-state index is 12.9. The van der Waals surface area contributed by atoms with Gasteiger partial charge in [0.15, 0.2) is 6.61 Å². The SMILES string of the molecule is O=C(CONC1=CCN(S(=O)(=O)c2cccc(C(F)(F)F)c2)CC1)Nc1cccnc1. The van der Waals surface area contributed by atoms with Gasteiger partial charge in [0.25, 0.3) is 5.91 Å². The van der Waals surface area contributed by atoms with Gasteiger partial charge in [0.1, 0.15) is 0 Å². The molecule has 0 saturated carbocycles. The molecule has 1 amide bonds. The molecule has 0 bridgehead atoms. The van der Waals surface area contributed by atoms with E-state index in [0.29, 0.717) is 17.5 Å². The van der Waals surface area contributed by atoms with E-state index < -0.39 is 32.6 Å². The molecule has 0 saturated heterocycles. The second-order valence-corrected chi connectivity index (χ2v) is 8.49. The van der Waals surface area contributed by atoms with Crippen molar-refractivity contribution in [2.75, 3.05) is 25.0 Å². The molecule has 1 aromatic carbocycles. The Kier molecular flexibility index (Phi) is 6.93. The first-order chi connectivity index (χ1) is 14.7. The summed E-state index contributed by atoms with van der Waals surface area (Å²) >= 11 is 0. The average Bonchev–Trinajstić information content (AvgIpc) is 2.74. The van der Waals surface area contributed by atoms with Gasteiger partial charge in [0.05, 0.1) is 22.3 Å². The van der Waals surface area contributed by atoms with Gasteiger partial charge in [-0.2, -0.15) is 17.5 Å². The number of aromatic nitrogens is 1. The zero-order valence-electron chi connectivity index (χ0n) is 16.1. The van der Waals surface area contributed by atoms with E-state index in [0.717, 1.165) is 22.5 Å². The van der Waals surface area contributed by atoms with E-state index in [1.807, 2.05) is 0 Å². The first-order valence-electron chi connectivity index (χ1n) is 9.10. The lowest BCUT2D eigenvalue weighted by atomic mass is 10.2. The molecule has 0 fully saturated rings. The molecule has 2 N–H and O–H groups in total. The molecule has 2 heterocycles. The van der Waals surface area contributed by atoms with E-state index in [9.17, 15) is 26.4 Å². The standard InChI is InChI=1S/C19H19F3N4O4S/c20-19(21,22)14-3-1-5-17(11-14)31(28,29)26-9-6-15(7-10-26)25-30-13-18(27)24-16-4-2-8-23-12-16/h1-6,8,11-12,25H,7,9-10,13H2,(H,24,27). The van der Waals surface area contributed by atoms with Crippen LogP contribution in [0.25, 0.3) is 0 Å². The van der Waals surface area contributed by atoms with E-state index in [-0.39, 0.29) is 26.1 Å². The second kappa shape index (κ2) is 9.45. The van der Waals surface area contributed by atoms with Crippen LogP contribution in [0.5, 0.6) is 0 Å². The summed E-state index contributed by atoms with van der Waals surface area (Å²) in [6, 6.07) is 6.97. The zero-order chi connectivity index (χ0) is 22.5. The first-order valence-corrected chi connectivity index (χ1v) is 10.5. The van der Waals surface area contributed by atoms with Crippen molar-refractivity contribution >= 4 is 21.6 Å². The van der Waals surface area contributed by atoms with Crippen molar-refractivity contribution in [2.45, 2.75) is 17.5 Å². The molecule has 0 atom stereocenters. The summed E-state index contributed by atoms with van der Waals surface area (Å²) in [7, 11) is -4.09. The van der Waals surface area contributed by atoms with Gasteiger partial charge in [-0.15, -0.1) is 0 Å². The number of rotatable bonds is 7. The van der Waals surface area contributed by atoms with Crippen molar-refractivity contribution in [1.82, 2.24) is 14.8 Å². The van der Waals surface area contributed by atoms with Gasteiger partial charge in [-0.05, 0) is 36.4 Å². The van der Waals surface area contributed by atoms with Crippen LogP contribution in [0.4, 0.5) is 18.9 Å². The molecule has 0 unspecified atom stereocenters. The number of anilines is 1. The molecule has 3 rings (SSSR count). The number of nitrogens with one attached hydrogen (secondary N) is 2. The molecule has 2 aromatic rings. The number of hydrogen-bond donors (Lipinski definition) is 2. The summed E-state index contributed by atoms with van der Waals surface area (Å²) in [5.41, 5.74) is 2.64. The van der Waals surface area contributed by atoms with Gasteiger partial charge in [-0.3, -0.25) is 20.1 Å². The molecule has 0 radical (unpaired) electrons. The van der Waals surface area contributed by atoms with Crippen LogP contribution < -0.4 is 10.8 Å². The second-order valence-electron chi connectivity index (χ2n) is 6.55. The molecule has 1 aliphatic rings. The monoisotopic (exact) mass is 456 g/mol. The Morgan fingerprint density at radius 1 is 1.23 bits per heavy atom. The predicted molar refractivity (Wildman–Crippen MR) is 105 cm³/mol. The number of hydroxylamine groups is 1. The number of pyridine rings is 1. The maximum Gasteiger partial charge on any atom is 0.416 e. The van der Waals surface area contributed by atoms with Crippen LogP contribution in [-0.2, 0) is 25.8 Å². The molecule has 8 nitrogen and oxygen atoms in total. The fourth-order valence-corrected chi connectivity index (χ4v) is 4.20. The minimum absolute atomic E-state index is 0.0443. The number of benzene rings is 1. The molecule has 0 spiro atoms. The average molecular weight is 456 g/mol. The summed E-state index contributed by atoms with van der Waals surface area (Å²) in [5, 5.41) is 2.59. The zero-order valence-corrected chi connectivity index (χ0v) is 16.9. The van der Waals surface area contributed by atoms with Crippen LogP contribution in [0, 0.1) is 0 Å². The van der Waals surface area contributed by atoms with Gasteiger partial charge in [-0.1, -0.05) is 6.07 Å². The van der Waals surface area contributed by atoms with Crippen molar-refractivity contribution in [3.63, 3.8) is 0 Å². The Morgan fingerprint density at radius 3 is 2.68 bits per heavy atom. The van der Waals surface area contributed by atoms with E-state index >= 15 is 0 Å². The summed E-state index contributed by atoms with van der Waals surface area (Å²) in [6.45, 7) is -0.298. The topological polar surface area (TPSA) is 101 Å². The van der Waals surface area contributed by atoms with Gasteiger partial charge in [-0.25, -0.2) is 8.42 Å². The van der Waals surface area contributed by atoms with E-state index in [1.54, 1.807) is 18.3 Å². The summed E-state index contributed by atoms with van der Waals surface area (Å²) < 4.78 is 65.0. The molecular formula is C19H19F3N4O4S. The van der Waals surface area contributed by atoms with Gasteiger partial charge < -0.3 is 5.32 Å².